The molecule has 1 N–H and O–H groups in total. The Morgan fingerprint density at radius 1 is 1.43 bits per heavy atom. The van der Waals surface area contributed by atoms with Crippen LogP contribution in [0.5, 0.6) is 0 Å². The summed E-state index contributed by atoms with van der Waals surface area (Å²) >= 11 is 0. The van der Waals surface area contributed by atoms with Crippen molar-refractivity contribution >= 4 is 0 Å². The van der Waals surface area contributed by atoms with Crippen LogP contribution in [0.4, 0.5) is 0 Å². The number of hydrogen-bond acceptors (Lipinski definition) is 2. The molecule has 0 aromatic heterocycles. The van der Waals surface area contributed by atoms with E-state index in [0.29, 0.717) is 6.04 Å². The summed E-state index contributed by atoms with van der Waals surface area (Å²) in [6, 6.07) is 3.00. The van der Waals surface area contributed by atoms with Gasteiger partial charge in [-0.1, -0.05) is 19.8 Å². The minimum atomic E-state index is -0.221. The second-order valence-electron chi connectivity index (χ2n) is 5.08. The molecule has 0 heterocycles. The Morgan fingerprint density at radius 3 is 2.71 bits per heavy atom. The maximum absolute atomic E-state index is 8.90. The van der Waals surface area contributed by atoms with Gasteiger partial charge >= 0.3 is 0 Å². The second kappa shape index (κ2) is 4.79. The lowest BCUT2D eigenvalue weighted by molar-refractivity contribution is 0.342. The second-order valence-corrected chi connectivity index (χ2v) is 5.08. The smallest absolute Gasteiger partial charge is 0.0697 e. The molecule has 1 rings (SSSR count). The van der Waals surface area contributed by atoms with E-state index in [2.05, 4.69) is 18.3 Å². The Labute approximate surface area is 87.7 Å². The summed E-state index contributed by atoms with van der Waals surface area (Å²) in [5.74, 6) is 0.837. The molecule has 0 aromatic carbocycles. The molecule has 0 spiro atoms. The third kappa shape index (κ3) is 2.99. The molecule has 1 fully saturated rings. The summed E-state index contributed by atoms with van der Waals surface area (Å²) in [7, 11) is 0. The Morgan fingerprint density at radius 2 is 2.14 bits per heavy atom. The first-order valence-electron chi connectivity index (χ1n) is 5.73. The van der Waals surface area contributed by atoms with Crippen molar-refractivity contribution in [3.05, 3.63) is 0 Å². The van der Waals surface area contributed by atoms with Crippen molar-refractivity contribution in [2.75, 3.05) is 6.54 Å². The van der Waals surface area contributed by atoms with Gasteiger partial charge in [-0.05, 0) is 32.6 Å². The molecule has 2 atom stereocenters. The van der Waals surface area contributed by atoms with Crippen LogP contribution in [0, 0.1) is 22.7 Å². The van der Waals surface area contributed by atoms with Crippen molar-refractivity contribution in [1.82, 2.24) is 5.32 Å². The highest BCUT2D eigenvalue weighted by atomic mass is 14.9. The van der Waals surface area contributed by atoms with Crippen molar-refractivity contribution < 1.29 is 0 Å². The molecular formula is C12H22N2. The van der Waals surface area contributed by atoms with Crippen LogP contribution >= 0.6 is 0 Å². The highest BCUT2D eigenvalue weighted by molar-refractivity contribution is 4.95. The molecular weight excluding hydrogens is 172 g/mol. The van der Waals surface area contributed by atoms with Gasteiger partial charge in [-0.3, -0.25) is 0 Å². The Bertz CT molecular complexity index is 215. The first kappa shape index (κ1) is 11.5. The summed E-state index contributed by atoms with van der Waals surface area (Å²) in [6.07, 6.45) is 5.27. The van der Waals surface area contributed by atoms with Crippen LogP contribution in [0.2, 0.25) is 0 Å². The van der Waals surface area contributed by atoms with Crippen LogP contribution in [-0.4, -0.2) is 12.6 Å². The van der Waals surface area contributed by atoms with Gasteiger partial charge in [-0.15, -0.1) is 0 Å². The lowest BCUT2D eigenvalue weighted by Gasteiger charge is -2.24. The van der Waals surface area contributed by atoms with Gasteiger partial charge < -0.3 is 5.32 Å². The molecule has 0 radical (unpaired) electrons. The van der Waals surface area contributed by atoms with Gasteiger partial charge in [-0.2, -0.15) is 5.26 Å². The zero-order valence-electron chi connectivity index (χ0n) is 9.64. The molecule has 0 saturated heterocycles. The molecule has 1 aliphatic rings. The van der Waals surface area contributed by atoms with E-state index in [1.165, 1.54) is 25.7 Å². The van der Waals surface area contributed by atoms with Crippen LogP contribution in [-0.2, 0) is 0 Å². The van der Waals surface area contributed by atoms with Crippen LogP contribution in [0.25, 0.3) is 0 Å². The average Bonchev–Trinajstić information content (AvgIpc) is 2.62. The van der Waals surface area contributed by atoms with E-state index in [0.717, 1.165) is 12.5 Å². The number of nitriles is 1. The predicted octanol–water partition coefficient (Wildman–Crippen LogP) is 2.70. The fourth-order valence-corrected chi connectivity index (χ4v) is 2.22. The third-order valence-electron chi connectivity index (χ3n) is 3.29. The van der Waals surface area contributed by atoms with Gasteiger partial charge in [0.1, 0.15) is 0 Å². The first-order chi connectivity index (χ1) is 6.59. The Hall–Kier alpha value is -0.550. The summed E-state index contributed by atoms with van der Waals surface area (Å²) in [5, 5.41) is 12.5. The van der Waals surface area contributed by atoms with Crippen LogP contribution in [0.15, 0.2) is 0 Å². The number of hydrogen-bond donors (Lipinski definition) is 1. The predicted molar refractivity (Wildman–Crippen MR) is 58.8 cm³/mol. The standard InChI is InChI=1S/C12H22N2/c1-4-10-6-5-7-11(10)14-9-12(2,3)8-13/h10-11,14H,4-7,9H2,1-3H3. The quantitative estimate of drug-likeness (QED) is 0.747. The SMILES string of the molecule is CCC1CCCC1NCC(C)(C)C#N. The monoisotopic (exact) mass is 194 g/mol. The molecule has 2 unspecified atom stereocenters. The van der Waals surface area contributed by atoms with Gasteiger partial charge in [0.05, 0.1) is 11.5 Å². The van der Waals surface area contributed by atoms with Gasteiger partial charge in [0.25, 0.3) is 0 Å². The summed E-state index contributed by atoms with van der Waals surface area (Å²) < 4.78 is 0. The summed E-state index contributed by atoms with van der Waals surface area (Å²) in [6.45, 7) is 7.08. The van der Waals surface area contributed by atoms with E-state index in [4.69, 9.17) is 5.26 Å². The number of nitrogens with zero attached hydrogens (tertiary/aromatic N) is 1. The summed E-state index contributed by atoms with van der Waals surface area (Å²) in [4.78, 5) is 0. The normalized spacial score (nSPS) is 27.6. The minimum absolute atomic E-state index is 0.221. The molecule has 2 heteroatoms. The highest BCUT2D eigenvalue weighted by Crippen LogP contribution is 2.28. The van der Waals surface area contributed by atoms with Crippen LogP contribution in [0.3, 0.4) is 0 Å². The maximum Gasteiger partial charge on any atom is 0.0697 e. The molecule has 0 aromatic rings. The van der Waals surface area contributed by atoms with E-state index in [9.17, 15) is 0 Å². The number of rotatable bonds is 4. The molecule has 0 aliphatic heterocycles. The van der Waals surface area contributed by atoms with Crippen molar-refractivity contribution in [2.45, 2.75) is 52.5 Å². The van der Waals surface area contributed by atoms with E-state index < -0.39 is 0 Å². The van der Waals surface area contributed by atoms with Crippen molar-refractivity contribution in [3.8, 4) is 6.07 Å². The molecule has 0 bridgehead atoms. The van der Waals surface area contributed by atoms with Gasteiger partial charge in [-0.25, -0.2) is 0 Å². The summed E-state index contributed by atoms with van der Waals surface area (Å²) in [5.41, 5.74) is -0.221. The van der Waals surface area contributed by atoms with E-state index in [-0.39, 0.29) is 5.41 Å². The van der Waals surface area contributed by atoms with Crippen molar-refractivity contribution in [2.24, 2.45) is 11.3 Å². The van der Waals surface area contributed by atoms with Gasteiger partial charge in [0.15, 0.2) is 0 Å². The number of nitrogens with one attached hydrogen (secondary N) is 1. The Kier molecular flexibility index (Phi) is 3.95. The molecule has 2 nitrogen and oxygen atoms in total. The molecule has 0 amide bonds. The fourth-order valence-electron chi connectivity index (χ4n) is 2.22. The average molecular weight is 194 g/mol. The van der Waals surface area contributed by atoms with E-state index >= 15 is 0 Å². The zero-order chi connectivity index (χ0) is 10.6. The molecule has 80 valence electrons. The Balaban J connectivity index is 2.35. The van der Waals surface area contributed by atoms with E-state index in [1.807, 2.05) is 13.8 Å². The topological polar surface area (TPSA) is 35.8 Å². The van der Waals surface area contributed by atoms with Crippen LogP contribution < -0.4 is 5.32 Å². The minimum Gasteiger partial charge on any atom is -0.312 e. The van der Waals surface area contributed by atoms with Crippen LogP contribution in [0.1, 0.15) is 46.5 Å². The van der Waals surface area contributed by atoms with Crippen molar-refractivity contribution in [1.29, 1.82) is 5.26 Å². The lowest BCUT2D eigenvalue weighted by atomic mass is 9.94. The van der Waals surface area contributed by atoms with Gasteiger partial charge in [0, 0.05) is 12.6 Å². The molecule has 1 aliphatic carbocycles. The van der Waals surface area contributed by atoms with Gasteiger partial charge in [0.2, 0.25) is 0 Å². The highest BCUT2D eigenvalue weighted by Gasteiger charge is 2.27. The van der Waals surface area contributed by atoms with Crippen molar-refractivity contribution in [3.63, 3.8) is 0 Å². The molecule has 14 heavy (non-hydrogen) atoms. The largest absolute Gasteiger partial charge is 0.312 e. The molecule has 1 saturated carbocycles. The zero-order valence-corrected chi connectivity index (χ0v) is 9.64. The first-order valence-corrected chi connectivity index (χ1v) is 5.73. The third-order valence-corrected chi connectivity index (χ3v) is 3.29. The maximum atomic E-state index is 8.90. The fraction of sp³-hybridized carbons (Fsp3) is 0.917. The van der Waals surface area contributed by atoms with E-state index in [1.54, 1.807) is 0 Å². The lowest BCUT2D eigenvalue weighted by Crippen LogP contribution is -2.38.